The molecule has 0 aromatic heterocycles. The standard InChI is InChI=1S/C35H44ClN3O5S/c1-3-44-32-21-19-31(20-22-32)39(45(2,42)43)23-11-18-34(40)38(26-28-14-10-15-29(36)24-28)33(25-27-12-6-4-7-13-27)35(41)37-30-16-8-5-9-17-30/h4,6-7,10,12-15,19-22,24,30,33H,3,5,8-9,11,16-18,23,25-26H2,1-2H3,(H,37,41)/t33-/m1/s1. The van der Waals surface area contributed by atoms with E-state index in [1.807, 2.05) is 49.4 Å². The molecule has 1 fully saturated rings. The first-order valence-corrected chi connectivity index (χ1v) is 18.0. The van der Waals surface area contributed by atoms with Crippen molar-refractivity contribution in [3.8, 4) is 5.75 Å². The number of nitrogens with one attached hydrogen (secondary N) is 1. The Bertz CT molecular complexity index is 1500. The minimum atomic E-state index is -3.61. The van der Waals surface area contributed by atoms with Crippen LogP contribution in [0.2, 0.25) is 5.02 Å². The molecule has 0 radical (unpaired) electrons. The van der Waals surface area contributed by atoms with Crippen LogP contribution in [0.25, 0.3) is 0 Å². The van der Waals surface area contributed by atoms with E-state index in [1.54, 1.807) is 41.3 Å². The quantitative estimate of drug-likeness (QED) is 0.206. The summed E-state index contributed by atoms with van der Waals surface area (Å²) in [5, 5.41) is 3.79. The second-order valence-electron chi connectivity index (χ2n) is 11.6. The molecule has 8 nitrogen and oxygen atoms in total. The van der Waals surface area contributed by atoms with Crippen LogP contribution >= 0.6 is 11.6 Å². The maximum absolute atomic E-state index is 14.1. The molecule has 3 aromatic rings. The van der Waals surface area contributed by atoms with E-state index in [0.29, 0.717) is 29.5 Å². The molecule has 0 aliphatic heterocycles. The smallest absolute Gasteiger partial charge is 0.243 e. The lowest BCUT2D eigenvalue weighted by atomic mass is 9.94. The molecular formula is C35H44ClN3O5S. The van der Waals surface area contributed by atoms with Gasteiger partial charge in [0.25, 0.3) is 0 Å². The minimum absolute atomic E-state index is 0.0611. The molecule has 2 amide bonds. The first-order chi connectivity index (χ1) is 21.6. The van der Waals surface area contributed by atoms with Crippen molar-refractivity contribution < 1.29 is 22.7 Å². The second-order valence-corrected chi connectivity index (χ2v) is 13.9. The molecule has 0 saturated heterocycles. The van der Waals surface area contributed by atoms with Gasteiger partial charge >= 0.3 is 0 Å². The molecule has 1 saturated carbocycles. The molecule has 1 aliphatic rings. The average Bonchev–Trinajstić information content (AvgIpc) is 3.02. The Kier molecular flexibility index (Phi) is 12.7. The van der Waals surface area contributed by atoms with Gasteiger partial charge in [0.05, 0.1) is 18.6 Å². The highest BCUT2D eigenvalue weighted by Crippen LogP contribution is 2.24. The van der Waals surface area contributed by atoms with Crippen molar-refractivity contribution in [3.63, 3.8) is 0 Å². The topological polar surface area (TPSA) is 96.0 Å². The van der Waals surface area contributed by atoms with Crippen molar-refractivity contribution in [1.82, 2.24) is 10.2 Å². The van der Waals surface area contributed by atoms with Gasteiger partial charge in [-0.2, -0.15) is 0 Å². The summed E-state index contributed by atoms with van der Waals surface area (Å²) in [4.78, 5) is 29.7. The number of benzene rings is 3. The van der Waals surface area contributed by atoms with E-state index < -0.39 is 16.1 Å². The van der Waals surface area contributed by atoms with Crippen molar-refractivity contribution in [3.05, 3.63) is 95.0 Å². The van der Waals surface area contributed by atoms with Crippen molar-refractivity contribution >= 4 is 39.1 Å². The third-order valence-corrected chi connectivity index (χ3v) is 9.48. The Morgan fingerprint density at radius 1 is 0.956 bits per heavy atom. The number of ether oxygens (including phenoxy) is 1. The van der Waals surface area contributed by atoms with E-state index in [4.69, 9.17) is 16.3 Å². The lowest BCUT2D eigenvalue weighted by Gasteiger charge is -2.34. The summed E-state index contributed by atoms with van der Waals surface area (Å²) in [6, 6.07) is 23.2. The zero-order valence-electron chi connectivity index (χ0n) is 26.2. The Labute approximate surface area is 272 Å². The molecule has 4 rings (SSSR count). The summed E-state index contributed by atoms with van der Waals surface area (Å²) in [7, 11) is -3.61. The summed E-state index contributed by atoms with van der Waals surface area (Å²) in [6.45, 7) is 2.70. The fourth-order valence-corrected chi connectivity index (χ4v) is 6.99. The van der Waals surface area contributed by atoms with Crippen LogP contribution in [0.4, 0.5) is 5.69 Å². The van der Waals surface area contributed by atoms with Gasteiger partial charge < -0.3 is 15.0 Å². The molecule has 1 N–H and O–H groups in total. The molecule has 0 bridgehead atoms. The highest BCUT2D eigenvalue weighted by atomic mass is 35.5. The normalized spacial score (nSPS) is 14.4. The van der Waals surface area contributed by atoms with Crippen LogP contribution in [-0.2, 0) is 32.6 Å². The van der Waals surface area contributed by atoms with Crippen LogP contribution in [0.15, 0.2) is 78.9 Å². The third-order valence-electron chi connectivity index (χ3n) is 8.05. The van der Waals surface area contributed by atoms with Gasteiger partial charge in [0.2, 0.25) is 21.8 Å². The zero-order chi connectivity index (χ0) is 32.2. The number of sulfonamides is 1. The number of nitrogens with zero attached hydrogens (tertiary/aromatic N) is 2. The van der Waals surface area contributed by atoms with Crippen LogP contribution in [0.3, 0.4) is 0 Å². The van der Waals surface area contributed by atoms with E-state index >= 15 is 0 Å². The van der Waals surface area contributed by atoms with Crippen molar-refractivity contribution in [2.24, 2.45) is 0 Å². The molecule has 0 heterocycles. The van der Waals surface area contributed by atoms with Crippen molar-refractivity contribution in [2.75, 3.05) is 23.7 Å². The van der Waals surface area contributed by atoms with Crippen molar-refractivity contribution in [1.29, 1.82) is 0 Å². The summed E-state index contributed by atoms with van der Waals surface area (Å²) in [6.07, 6.45) is 7.02. The first kappa shape index (κ1) is 34.3. The van der Waals surface area contributed by atoms with E-state index in [2.05, 4.69) is 5.32 Å². The van der Waals surface area contributed by atoms with E-state index in [-0.39, 0.29) is 43.8 Å². The Balaban J connectivity index is 1.57. The number of halogens is 1. The summed E-state index contributed by atoms with van der Waals surface area (Å²) in [5.74, 6) is 0.251. The van der Waals surface area contributed by atoms with Gasteiger partial charge in [-0.25, -0.2) is 8.42 Å². The predicted molar refractivity (Wildman–Crippen MR) is 180 cm³/mol. The molecule has 1 aliphatic carbocycles. The fourth-order valence-electron chi connectivity index (χ4n) is 5.81. The number of hydrogen-bond acceptors (Lipinski definition) is 5. The highest BCUT2D eigenvalue weighted by Gasteiger charge is 2.32. The number of hydrogen-bond donors (Lipinski definition) is 1. The van der Waals surface area contributed by atoms with Crippen LogP contribution in [-0.4, -0.2) is 56.6 Å². The van der Waals surface area contributed by atoms with E-state index in [0.717, 1.165) is 43.1 Å². The minimum Gasteiger partial charge on any atom is -0.494 e. The number of carbonyl (C=O) groups is 2. The fraction of sp³-hybridized carbons (Fsp3) is 0.429. The maximum Gasteiger partial charge on any atom is 0.243 e. The monoisotopic (exact) mass is 653 g/mol. The van der Waals surface area contributed by atoms with Crippen LogP contribution < -0.4 is 14.4 Å². The number of rotatable bonds is 15. The number of anilines is 1. The van der Waals surface area contributed by atoms with Gasteiger partial charge in [-0.15, -0.1) is 0 Å². The second kappa shape index (κ2) is 16.7. The van der Waals surface area contributed by atoms with Crippen LogP contribution in [0, 0.1) is 0 Å². The largest absolute Gasteiger partial charge is 0.494 e. The first-order valence-electron chi connectivity index (χ1n) is 15.7. The molecule has 0 spiro atoms. The Morgan fingerprint density at radius 2 is 1.64 bits per heavy atom. The molecule has 1 atom stereocenters. The van der Waals surface area contributed by atoms with Gasteiger partial charge in [0.1, 0.15) is 11.8 Å². The van der Waals surface area contributed by atoms with Gasteiger partial charge in [-0.3, -0.25) is 13.9 Å². The molecule has 45 heavy (non-hydrogen) atoms. The molecule has 0 unspecified atom stereocenters. The lowest BCUT2D eigenvalue weighted by Crippen LogP contribution is -2.52. The van der Waals surface area contributed by atoms with Gasteiger partial charge in [-0.05, 0) is 73.7 Å². The zero-order valence-corrected chi connectivity index (χ0v) is 27.7. The summed E-state index contributed by atoms with van der Waals surface area (Å²) in [5.41, 5.74) is 2.26. The Morgan fingerprint density at radius 3 is 2.29 bits per heavy atom. The van der Waals surface area contributed by atoms with Crippen LogP contribution in [0.5, 0.6) is 5.75 Å². The third kappa shape index (κ3) is 10.5. The maximum atomic E-state index is 14.1. The molecule has 242 valence electrons. The van der Waals surface area contributed by atoms with E-state index in [1.165, 1.54) is 10.7 Å². The van der Waals surface area contributed by atoms with Gasteiger partial charge in [-0.1, -0.05) is 73.3 Å². The van der Waals surface area contributed by atoms with Crippen molar-refractivity contribution in [2.45, 2.75) is 76.9 Å². The highest BCUT2D eigenvalue weighted by molar-refractivity contribution is 7.92. The molecular weight excluding hydrogens is 610 g/mol. The van der Waals surface area contributed by atoms with Crippen LogP contribution in [0.1, 0.15) is 63.0 Å². The number of amides is 2. The van der Waals surface area contributed by atoms with Gasteiger partial charge in [0, 0.05) is 37.0 Å². The Hall–Kier alpha value is -3.56. The van der Waals surface area contributed by atoms with Gasteiger partial charge in [0.15, 0.2) is 0 Å². The lowest BCUT2D eigenvalue weighted by molar-refractivity contribution is -0.141. The summed E-state index contributed by atoms with van der Waals surface area (Å²) < 4.78 is 32.3. The number of carbonyl (C=O) groups excluding carboxylic acids is 2. The molecule has 3 aromatic carbocycles. The predicted octanol–water partition coefficient (Wildman–Crippen LogP) is 6.37. The SMILES string of the molecule is CCOc1ccc(N(CCCC(=O)N(Cc2cccc(Cl)c2)[C@H](Cc2ccccc2)C(=O)NC2CCCCC2)S(C)(=O)=O)cc1. The summed E-state index contributed by atoms with van der Waals surface area (Å²) >= 11 is 6.30. The average molecular weight is 654 g/mol. The van der Waals surface area contributed by atoms with E-state index in [9.17, 15) is 18.0 Å². The molecule has 10 heteroatoms.